The molecule has 0 atom stereocenters. The Morgan fingerprint density at radius 1 is 1.17 bits per heavy atom. The molecule has 0 saturated heterocycles. The highest BCUT2D eigenvalue weighted by molar-refractivity contribution is 5.29. The van der Waals surface area contributed by atoms with E-state index in [1.54, 1.807) is 0 Å². The van der Waals surface area contributed by atoms with E-state index in [1.165, 1.54) is 17.7 Å². The Hall–Kier alpha value is -1.75. The van der Waals surface area contributed by atoms with Gasteiger partial charge in [-0.25, -0.2) is 0 Å². The zero-order valence-electron chi connectivity index (χ0n) is 11.0. The maximum Gasteiger partial charge on any atom is 0.0965 e. The van der Waals surface area contributed by atoms with Crippen molar-refractivity contribution < 1.29 is 0 Å². The van der Waals surface area contributed by atoms with Crippen molar-refractivity contribution in [3.8, 4) is 6.07 Å². The molecule has 1 aliphatic rings. The molecule has 2 heteroatoms. The average molecular weight is 240 g/mol. The van der Waals surface area contributed by atoms with Gasteiger partial charge in [-0.15, -0.1) is 0 Å². The van der Waals surface area contributed by atoms with Gasteiger partial charge in [0.15, 0.2) is 0 Å². The number of nitriles is 1. The van der Waals surface area contributed by atoms with E-state index >= 15 is 0 Å². The van der Waals surface area contributed by atoms with Crippen molar-refractivity contribution >= 4 is 0 Å². The SMILES string of the molecule is CCN(Cc1ccccc1)C1=C(C#N)CCCC1. The van der Waals surface area contributed by atoms with Gasteiger partial charge < -0.3 is 4.90 Å². The minimum absolute atomic E-state index is 0.915. The molecule has 1 aromatic carbocycles. The van der Waals surface area contributed by atoms with Gasteiger partial charge in [0.05, 0.1) is 6.07 Å². The highest BCUT2D eigenvalue weighted by Gasteiger charge is 2.17. The summed E-state index contributed by atoms with van der Waals surface area (Å²) in [4.78, 5) is 2.35. The Bertz CT molecular complexity index is 454. The highest BCUT2D eigenvalue weighted by atomic mass is 15.1. The van der Waals surface area contributed by atoms with Crippen molar-refractivity contribution in [2.24, 2.45) is 0 Å². The number of hydrogen-bond donors (Lipinski definition) is 0. The zero-order valence-corrected chi connectivity index (χ0v) is 11.0. The van der Waals surface area contributed by atoms with E-state index in [-0.39, 0.29) is 0 Å². The smallest absolute Gasteiger partial charge is 0.0965 e. The molecule has 0 heterocycles. The van der Waals surface area contributed by atoms with Crippen LogP contribution in [0, 0.1) is 11.3 Å². The quantitative estimate of drug-likeness (QED) is 0.799. The molecule has 0 N–H and O–H groups in total. The van der Waals surface area contributed by atoms with Gasteiger partial charge in [0.2, 0.25) is 0 Å². The molecule has 18 heavy (non-hydrogen) atoms. The van der Waals surface area contributed by atoms with Crippen molar-refractivity contribution in [3.05, 3.63) is 47.2 Å². The third-order valence-corrected chi connectivity index (χ3v) is 3.55. The molecular formula is C16H20N2. The highest BCUT2D eigenvalue weighted by Crippen LogP contribution is 2.27. The summed E-state index contributed by atoms with van der Waals surface area (Å²) in [5.41, 5.74) is 3.59. The molecule has 0 aliphatic heterocycles. The number of benzene rings is 1. The van der Waals surface area contributed by atoms with Gasteiger partial charge in [-0.2, -0.15) is 5.26 Å². The van der Waals surface area contributed by atoms with Gasteiger partial charge in [-0.1, -0.05) is 30.3 Å². The van der Waals surface area contributed by atoms with Crippen LogP contribution in [0.3, 0.4) is 0 Å². The predicted octanol–water partition coefficient (Wildman–Crippen LogP) is 3.86. The van der Waals surface area contributed by atoms with Gasteiger partial charge in [-0.05, 0) is 38.2 Å². The standard InChI is InChI=1S/C16H20N2/c1-2-18(13-14-8-4-3-5-9-14)16-11-7-6-10-15(16)12-17/h3-5,8-9H,2,6-7,10-11,13H2,1H3. The summed E-state index contributed by atoms with van der Waals surface area (Å²) < 4.78 is 0. The minimum atomic E-state index is 0.915. The number of allylic oxidation sites excluding steroid dienone is 2. The average Bonchev–Trinajstić information content (AvgIpc) is 2.46. The van der Waals surface area contributed by atoms with Crippen LogP contribution in [0.4, 0.5) is 0 Å². The molecule has 0 unspecified atom stereocenters. The van der Waals surface area contributed by atoms with Crippen LogP contribution in [0.2, 0.25) is 0 Å². The largest absolute Gasteiger partial charge is 0.370 e. The summed E-state index contributed by atoms with van der Waals surface area (Å²) in [5.74, 6) is 0. The number of nitrogens with zero attached hydrogens (tertiary/aromatic N) is 2. The van der Waals surface area contributed by atoms with E-state index in [0.29, 0.717) is 0 Å². The van der Waals surface area contributed by atoms with Crippen LogP contribution < -0.4 is 0 Å². The minimum Gasteiger partial charge on any atom is -0.370 e. The fourth-order valence-corrected chi connectivity index (χ4v) is 2.56. The molecule has 2 nitrogen and oxygen atoms in total. The number of rotatable bonds is 4. The summed E-state index contributed by atoms with van der Waals surface area (Å²) in [5, 5.41) is 9.24. The van der Waals surface area contributed by atoms with Crippen LogP contribution >= 0.6 is 0 Å². The van der Waals surface area contributed by atoms with Crippen molar-refractivity contribution in [2.75, 3.05) is 6.54 Å². The molecule has 1 aliphatic carbocycles. The van der Waals surface area contributed by atoms with E-state index in [0.717, 1.165) is 37.9 Å². The molecule has 0 spiro atoms. The lowest BCUT2D eigenvalue weighted by atomic mass is 9.96. The molecule has 0 aromatic heterocycles. The van der Waals surface area contributed by atoms with Crippen LogP contribution in [-0.2, 0) is 6.54 Å². The maximum atomic E-state index is 9.24. The predicted molar refractivity (Wildman–Crippen MR) is 73.6 cm³/mol. The lowest BCUT2D eigenvalue weighted by molar-refractivity contribution is 0.328. The third kappa shape index (κ3) is 2.92. The molecule has 0 fully saturated rings. The summed E-state index contributed by atoms with van der Waals surface area (Å²) in [7, 11) is 0. The molecule has 94 valence electrons. The van der Waals surface area contributed by atoms with Gasteiger partial charge >= 0.3 is 0 Å². The second-order valence-electron chi connectivity index (χ2n) is 4.74. The molecule has 0 saturated carbocycles. The first-order chi connectivity index (χ1) is 8.85. The first-order valence-corrected chi connectivity index (χ1v) is 6.76. The van der Waals surface area contributed by atoms with E-state index in [9.17, 15) is 5.26 Å². The van der Waals surface area contributed by atoms with Crippen molar-refractivity contribution in [1.82, 2.24) is 4.90 Å². The van der Waals surface area contributed by atoms with Gasteiger partial charge in [0.25, 0.3) is 0 Å². The first-order valence-electron chi connectivity index (χ1n) is 6.76. The first kappa shape index (κ1) is 12.7. The van der Waals surface area contributed by atoms with Crippen LogP contribution in [0.25, 0.3) is 0 Å². The molecular weight excluding hydrogens is 220 g/mol. The van der Waals surface area contributed by atoms with E-state index in [4.69, 9.17) is 0 Å². The van der Waals surface area contributed by atoms with Crippen molar-refractivity contribution in [2.45, 2.75) is 39.2 Å². The fourth-order valence-electron chi connectivity index (χ4n) is 2.56. The van der Waals surface area contributed by atoms with E-state index in [1.807, 2.05) is 6.07 Å². The summed E-state index contributed by atoms with van der Waals surface area (Å²) in [6, 6.07) is 12.9. The molecule has 0 amide bonds. The molecule has 0 radical (unpaired) electrons. The van der Waals surface area contributed by atoms with Crippen LogP contribution in [0.1, 0.15) is 38.2 Å². The van der Waals surface area contributed by atoms with Crippen molar-refractivity contribution in [3.63, 3.8) is 0 Å². The van der Waals surface area contributed by atoms with Crippen LogP contribution in [-0.4, -0.2) is 11.4 Å². The maximum absolute atomic E-state index is 9.24. The van der Waals surface area contributed by atoms with Gasteiger partial charge in [0.1, 0.15) is 0 Å². The Morgan fingerprint density at radius 2 is 1.89 bits per heavy atom. The number of hydrogen-bond acceptors (Lipinski definition) is 2. The fraction of sp³-hybridized carbons (Fsp3) is 0.438. The summed E-state index contributed by atoms with van der Waals surface area (Å²) in [6.45, 7) is 4.05. The van der Waals surface area contributed by atoms with E-state index in [2.05, 4.69) is 42.2 Å². The lowest BCUT2D eigenvalue weighted by Gasteiger charge is -2.29. The van der Waals surface area contributed by atoms with Gasteiger partial charge in [-0.3, -0.25) is 0 Å². The third-order valence-electron chi connectivity index (χ3n) is 3.55. The lowest BCUT2D eigenvalue weighted by Crippen LogP contribution is -2.25. The van der Waals surface area contributed by atoms with Crippen LogP contribution in [0.5, 0.6) is 0 Å². The molecule has 2 rings (SSSR count). The van der Waals surface area contributed by atoms with Crippen molar-refractivity contribution in [1.29, 1.82) is 5.26 Å². The topological polar surface area (TPSA) is 27.0 Å². The zero-order chi connectivity index (χ0) is 12.8. The monoisotopic (exact) mass is 240 g/mol. The second kappa shape index (κ2) is 6.26. The van der Waals surface area contributed by atoms with Crippen LogP contribution in [0.15, 0.2) is 41.6 Å². The Labute approximate surface area is 110 Å². The molecule has 0 bridgehead atoms. The summed E-state index contributed by atoms with van der Waals surface area (Å²) in [6.07, 6.45) is 4.39. The Balaban J connectivity index is 2.18. The Morgan fingerprint density at radius 3 is 2.56 bits per heavy atom. The normalized spacial score (nSPS) is 15.3. The second-order valence-corrected chi connectivity index (χ2v) is 4.74. The van der Waals surface area contributed by atoms with Gasteiger partial charge in [0, 0.05) is 24.4 Å². The Kier molecular flexibility index (Phi) is 4.41. The summed E-state index contributed by atoms with van der Waals surface area (Å²) >= 11 is 0. The van der Waals surface area contributed by atoms with E-state index < -0.39 is 0 Å². The molecule has 1 aromatic rings.